The van der Waals surface area contributed by atoms with Crippen molar-refractivity contribution < 1.29 is 28.9 Å². The van der Waals surface area contributed by atoms with Gasteiger partial charge >= 0.3 is 12.3 Å². The van der Waals surface area contributed by atoms with Crippen LogP contribution in [0, 0.1) is 34.5 Å². The van der Waals surface area contributed by atoms with Gasteiger partial charge in [-0.25, -0.2) is 9.59 Å². The van der Waals surface area contributed by atoms with Crippen LogP contribution in [0.25, 0.3) is 5.57 Å². The third-order valence-corrected chi connectivity index (χ3v) is 10.2. The van der Waals surface area contributed by atoms with Crippen LogP contribution in [-0.4, -0.2) is 41.2 Å². The highest BCUT2D eigenvalue weighted by atomic mass is 16.7. The van der Waals surface area contributed by atoms with Gasteiger partial charge < -0.3 is 19.3 Å². The van der Waals surface area contributed by atoms with Gasteiger partial charge in [0.1, 0.15) is 12.7 Å². The number of carbonyl (C=O) groups is 2. The molecule has 1 unspecified atom stereocenters. The van der Waals surface area contributed by atoms with Crippen LogP contribution in [0.3, 0.4) is 0 Å². The molecular formula is C31H41NO6. The number of rotatable bonds is 6. The molecule has 7 nitrogen and oxygen atoms in total. The van der Waals surface area contributed by atoms with Crippen LogP contribution in [0.15, 0.2) is 42.3 Å². The maximum Gasteiger partial charge on any atom is 0.508 e. The molecule has 38 heavy (non-hydrogen) atoms. The number of carbonyl (C=O) groups excluding carboxylic acids is 1. The van der Waals surface area contributed by atoms with Crippen molar-refractivity contribution in [2.24, 2.45) is 34.5 Å². The highest BCUT2D eigenvalue weighted by Gasteiger charge is 2.57. The molecule has 1 heterocycles. The van der Waals surface area contributed by atoms with Crippen molar-refractivity contribution in [1.82, 2.24) is 4.98 Å². The quantitative estimate of drug-likeness (QED) is 0.309. The number of hydrogen-bond acceptors (Lipinski definition) is 6. The Bertz CT molecular complexity index is 1110. The Balaban J connectivity index is 1.31. The Morgan fingerprint density at radius 1 is 1.08 bits per heavy atom. The predicted octanol–water partition coefficient (Wildman–Crippen LogP) is 7.28. The number of hydrogen-bond donors (Lipinski definition) is 1. The molecule has 4 aliphatic rings. The first kappa shape index (κ1) is 26.8. The summed E-state index contributed by atoms with van der Waals surface area (Å²) in [7, 11) is 0. The van der Waals surface area contributed by atoms with E-state index >= 15 is 0 Å². The molecule has 1 N–H and O–H groups in total. The molecule has 206 valence electrons. The lowest BCUT2D eigenvalue weighted by molar-refractivity contribution is -0.0522. The monoisotopic (exact) mass is 523 g/mol. The molecule has 5 rings (SSSR count). The Labute approximate surface area is 225 Å². The molecule has 0 bridgehead atoms. The van der Waals surface area contributed by atoms with Crippen molar-refractivity contribution in [3.8, 4) is 0 Å². The molecule has 0 spiro atoms. The van der Waals surface area contributed by atoms with E-state index in [1.807, 2.05) is 18.5 Å². The molecule has 0 aliphatic heterocycles. The molecule has 2 fully saturated rings. The van der Waals surface area contributed by atoms with Crippen LogP contribution in [-0.2, 0) is 14.2 Å². The maximum absolute atomic E-state index is 11.9. The summed E-state index contributed by atoms with van der Waals surface area (Å²) in [5, 5.41) is 9.36. The first-order valence-corrected chi connectivity index (χ1v) is 14.2. The van der Waals surface area contributed by atoms with Crippen LogP contribution in [0.2, 0.25) is 0 Å². The summed E-state index contributed by atoms with van der Waals surface area (Å²) in [6.45, 7) is 8.26. The molecule has 0 amide bonds. The average Bonchev–Trinajstić information content (AvgIpc) is 3.23. The third-order valence-electron chi connectivity index (χ3n) is 10.2. The van der Waals surface area contributed by atoms with Gasteiger partial charge in [-0.05, 0) is 105 Å². The molecule has 7 heteroatoms. The van der Waals surface area contributed by atoms with E-state index in [2.05, 4.69) is 37.0 Å². The Morgan fingerprint density at radius 2 is 1.87 bits per heavy atom. The van der Waals surface area contributed by atoms with Gasteiger partial charge in [-0.1, -0.05) is 37.6 Å². The summed E-state index contributed by atoms with van der Waals surface area (Å²) in [5.41, 5.74) is 4.47. The number of fused-ring (bicyclic) bond motifs is 5. The average molecular weight is 524 g/mol. The molecule has 4 aliphatic carbocycles. The second-order valence-electron chi connectivity index (χ2n) is 12.5. The SMILES string of the molecule is CC(C)OC(=O)OCC(OC(=O)O)[C@H]1CC[C@@]2(C)C(=CC[C@@H]3[C@@H]2CC[C@]2(C)C(c4cccnc4)=CC[C@@H]32)C1. The van der Waals surface area contributed by atoms with Crippen LogP contribution >= 0.6 is 0 Å². The van der Waals surface area contributed by atoms with Gasteiger partial charge in [0, 0.05) is 18.3 Å². The zero-order valence-electron chi connectivity index (χ0n) is 23.0. The lowest BCUT2D eigenvalue weighted by atomic mass is 9.46. The van der Waals surface area contributed by atoms with E-state index in [0.29, 0.717) is 17.8 Å². The van der Waals surface area contributed by atoms with Crippen molar-refractivity contribution in [2.75, 3.05) is 6.61 Å². The summed E-state index contributed by atoms with van der Waals surface area (Å²) in [4.78, 5) is 27.8. The zero-order valence-corrected chi connectivity index (χ0v) is 23.0. The standard InChI is InChI=1S/C31H41NO6/c1-19(2)37-29(35)36-18-27(38-28(33)34)20-11-13-30(3)22(16-20)7-8-23-25-10-9-24(21-6-5-15-32-17-21)31(25,4)14-12-26(23)30/h5-7,9,15,17,19-20,23,25-27H,8,10-14,16,18H2,1-4H3,(H,33,34)/t20-,23-,25-,26-,27?,30-,31+/m0/s1. The number of allylic oxidation sites excluding steroid dienone is 4. The Kier molecular flexibility index (Phi) is 7.31. The van der Waals surface area contributed by atoms with Gasteiger partial charge in [0.05, 0.1) is 6.10 Å². The third kappa shape index (κ3) is 4.85. The number of nitrogens with zero attached hydrogens (tertiary/aromatic N) is 1. The number of pyridine rings is 1. The minimum atomic E-state index is -1.34. The molecular weight excluding hydrogens is 482 g/mol. The Hall–Kier alpha value is -2.83. The lowest BCUT2D eigenvalue weighted by Crippen LogP contribution is -2.50. The van der Waals surface area contributed by atoms with Gasteiger partial charge in [-0.3, -0.25) is 4.98 Å². The van der Waals surface area contributed by atoms with Crippen molar-refractivity contribution in [3.05, 3.63) is 47.8 Å². The molecule has 2 saturated carbocycles. The van der Waals surface area contributed by atoms with Crippen molar-refractivity contribution in [1.29, 1.82) is 0 Å². The fourth-order valence-electron chi connectivity index (χ4n) is 8.32. The van der Waals surface area contributed by atoms with E-state index in [-0.39, 0.29) is 29.5 Å². The fraction of sp³-hybridized carbons (Fsp3) is 0.645. The van der Waals surface area contributed by atoms with Gasteiger partial charge in [-0.15, -0.1) is 0 Å². The van der Waals surface area contributed by atoms with E-state index in [1.54, 1.807) is 13.8 Å². The predicted molar refractivity (Wildman–Crippen MR) is 143 cm³/mol. The summed E-state index contributed by atoms with van der Waals surface area (Å²) in [6, 6.07) is 4.23. The van der Waals surface area contributed by atoms with Crippen LogP contribution in [0.1, 0.15) is 78.2 Å². The lowest BCUT2D eigenvalue weighted by Gasteiger charge is -2.58. The molecule has 0 radical (unpaired) electrons. The number of aromatic nitrogens is 1. The van der Waals surface area contributed by atoms with Gasteiger partial charge in [0.25, 0.3) is 0 Å². The van der Waals surface area contributed by atoms with E-state index in [9.17, 15) is 14.7 Å². The minimum Gasteiger partial charge on any atom is -0.450 e. The second-order valence-corrected chi connectivity index (χ2v) is 12.5. The van der Waals surface area contributed by atoms with Crippen LogP contribution in [0.5, 0.6) is 0 Å². The minimum absolute atomic E-state index is 0.0204. The highest BCUT2D eigenvalue weighted by molar-refractivity contribution is 5.72. The van der Waals surface area contributed by atoms with Crippen LogP contribution in [0.4, 0.5) is 9.59 Å². The first-order chi connectivity index (χ1) is 18.1. The zero-order chi connectivity index (χ0) is 27.1. The number of carboxylic acid groups (broad SMARTS) is 1. The second kappa shape index (κ2) is 10.4. The van der Waals surface area contributed by atoms with Crippen molar-refractivity contribution in [3.63, 3.8) is 0 Å². The maximum atomic E-state index is 11.9. The van der Waals surface area contributed by atoms with Gasteiger partial charge in [0.2, 0.25) is 0 Å². The molecule has 0 saturated heterocycles. The first-order valence-electron chi connectivity index (χ1n) is 14.2. The molecule has 0 aromatic carbocycles. The highest BCUT2D eigenvalue weighted by Crippen LogP contribution is 2.66. The van der Waals surface area contributed by atoms with E-state index in [1.165, 1.54) is 29.6 Å². The molecule has 1 aromatic heterocycles. The topological polar surface area (TPSA) is 95.0 Å². The van der Waals surface area contributed by atoms with Crippen LogP contribution < -0.4 is 0 Å². The van der Waals surface area contributed by atoms with Crippen molar-refractivity contribution in [2.45, 2.75) is 84.8 Å². The summed E-state index contributed by atoms with van der Waals surface area (Å²) in [5.74, 6) is 1.88. The fourth-order valence-corrected chi connectivity index (χ4v) is 8.32. The van der Waals surface area contributed by atoms with Gasteiger partial charge in [-0.2, -0.15) is 0 Å². The molecule has 1 aromatic rings. The van der Waals surface area contributed by atoms with E-state index in [0.717, 1.165) is 32.1 Å². The van der Waals surface area contributed by atoms with Crippen molar-refractivity contribution >= 4 is 17.9 Å². The number of ether oxygens (including phenoxy) is 3. The summed E-state index contributed by atoms with van der Waals surface area (Å²) >= 11 is 0. The van der Waals surface area contributed by atoms with E-state index < -0.39 is 18.4 Å². The van der Waals surface area contributed by atoms with E-state index in [4.69, 9.17) is 14.2 Å². The molecule has 7 atom stereocenters. The summed E-state index contributed by atoms with van der Waals surface area (Å²) in [6.07, 6.45) is 12.8. The Morgan fingerprint density at radius 3 is 2.58 bits per heavy atom. The van der Waals surface area contributed by atoms with Gasteiger partial charge in [0.15, 0.2) is 0 Å². The smallest absolute Gasteiger partial charge is 0.450 e. The largest absolute Gasteiger partial charge is 0.508 e. The summed E-state index contributed by atoms with van der Waals surface area (Å²) < 4.78 is 15.5. The normalized spacial score (nSPS) is 34.7.